The number of carboxylic acids is 1. The van der Waals surface area contributed by atoms with Gasteiger partial charge < -0.3 is 15.9 Å². The standard InChI is InChI=1S/C7H7NO3/c8-4-1-2-6(9)5(3-4)7(10)11/h1-3,9H,8H2,(H,10,11)/i1D,2D,3D/hD4. The lowest BCUT2D eigenvalue weighted by molar-refractivity contribution is 0.0694. The molecule has 0 fully saturated rings. The molecule has 1 aromatic rings. The summed E-state index contributed by atoms with van der Waals surface area (Å²) in [6.07, 6.45) is 0. The van der Waals surface area contributed by atoms with Gasteiger partial charge >= 0.3 is 5.97 Å². The molecule has 58 valence electrons. The summed E-state index contributed by atoms with van der Waals surface area (Å²) in [5.74, 6) is -2.10. The van der Waals surface area contributed by atoms with Gasteiger partial charge in [0.05, 0.1) is 4.11 Å². The van der Waals surface area contributed by atoms with E-state index in [4.69, 9.17) is 9.80 Å². The van der Waals surface area contributed by atoms with Crippen LogP contribution in [-0.4, -0.2) is 17.6 Å². The van der Waals surface area contributed by atoms with Gasteiger partial charge in [-0.1, -0.05) is 0 Å². The number of aromatic hydroxyl groups is 1. The Morgan fingerprint density at radius 2 is 2.73 bits per heavy atom. The van der Waals surface area contributed by atoms with E-state index in [1.165, 1.54) is 0 Å². The number of rotatable bonds is 3. The van der Waals surface area contributed by atoms with E-state index in [0.29, 0.717) is 0 Å². The maximum absolute atomic E-state index is 11.3. The lowest BCUT2D eigenvalue weighted by Gasteiger charge is -1.98. The van der Waals surface area contributed by atoms with Crippen molar-refractivity contribution in [1.29, 1.82) is 2.86 Å². The highest BCUT2D eigenvalue weighted by atomic mass is 16.4. The van der Waals surface area contributed by atoms with Crippen LogP contribution in [0.25, 0.3) is 1.43 Å². The third-order valence-corrected chi connectivity index (χ3v) is 0.969. The molecule has 0 amide bonds. The van der Waals surface area contributed by atoms with E-state index in [9.17, 15) is 4.79 Å². The van der Waals surface area contributed by atoms with Gasteiger partial charge in [-0.3, -0.25) is 0 Å². The highest BCUT2D eigenvalue weighted by molar-refractivity contribution is 5.91. The van der Waals surface area contributed by atoms with E-state index in [1.807, 2.05) is 0 Å². The second kappa shape index (κ2) is 2.49. The number of nitrogen functional groups attached to an aromatic ring is 1. The highest BCUT2D eigenvalue weighted by Crippen LogP contribution is 2.18. The normalized spacial score (nSPS) is 17.3. The van der Waals surface area contributed by atoms with E-state index in [0.717, 1.165) is 0 Å². The molecule has 4 N–H and O–H groups in total. The van der Waals surface area contributed by atoms with Gasteiger partial charge in [-0.2, -0.15) is 0 Å². The van der Waals surface area contributed by atoms with Crippen LogP contribution in [0.5, 0.6) is 5.75 Å². The largest absolute Gasteiger partial charge is 0.507 e. The topological polar surface area (TPSA) is 83.5 Å². The number of phenols is 1. The quantitative estimate of drug-likeness (QED) is 0.448. The predicted octanol–water partition coefficient (Wildman–Crippen LogP) is 0.673. The van der Waals surface area contributed by atoms with Crippen LogP contribution in [0, 0.1) is 0 Å². The highest BCUT2D eigenvalue weighted by Gasteiger charge is 2.08. The summed E-state index contributed by atoms with van der Waals surface area (Å²) in [6, 6.07) is -2.25. The summed E-state index contributed by atoms with van der Waals surface area (Å²) in [7, 11) is 0. The lowest BCUT2D eigenvalue weighted by Crippen LogP contribution is -1.97. The van der Waals surface area contributed by atoms with Crippen molar-refractivity contribution in [3.63, 3.8) is 0 Å². The van der Waals surface area contributed by atoms with E-state index in [1.54, 1.807) is 0 Å². The minimum Gasteiger partial charge on any atom is -0.507 e. The van der Waals surface area contributed by atoms with Crippen LogP contribution in [-0.2, 0) is 0 Å². The Kier molecular flexibility index (Phi) is 0.546. The van der Waals surface area contributed by atoms with Gasteiger partial charge in [0.15, 0.2) is 2.82 Å². The van der Waals surface area contributed by atoms with E-state index in [2.05, 4.69) is 10.2 Å². The summed E-state index contributed by atoms with van der Waals surface area (Å²) in [4.78, 5) is 11.3. The fraction of sp³-hybridized carbons (Fsp3) is 0. The van der Waals surface area contributed by atoms with Gasteiger partial charge in [0.1, 0.15) is 11.3 Å². The molecule has 0 aliphatic rings. The molecule has 11 heavy (non-hydrogen) atoms. The molecule has 4 heteroatoms. The van der Waals surface area contributed by atoms with Crippen LogP contribution in [0.1, 0.15) is 14.5 Å². The smallest absolute Gasteiger partial charge is 0.339 e. The van der Waals surface area contributed by atoms with Gasteiger partial charge in [-0.05, 0) is 18.1 Å². The average Bonchev–Trinajstić information content (AvgIpc) is 2.32. The van der Waals surface area contributed by atoms with Crippen molar-refractivity contribution in [2.24, 2.45) is 0 Å². The third-order valence-electron chi connectivity index (χ3n) is 0.969. The van der Waals surface area contributed by atoms with Crippen molar-refractivity contribution >= 4 is 11.7 Å². The zero-order valence-corrected chi connectivity index (χ0v) is 5.17. The molecule has 0 saturated heterocycles. The number of carboxylic acid groups (broad SMARTS) is 1. The number of anilines is 1. The predicted molar refractivity (Wildman–Crippen MR) is 39.5 cm³/mol. The molecule has 0 spiro atoms. The monoisotopic (exact) mass is 160 g/mol. The number of nitrogens with two attached hydrogens (primary N) is 1. The van der Waals surface area contributed by atoms with Gasteiger partial charge in [0, 0.05) is 5.69 Å². The maximum Gasteiger partial charge on any atom is 0.339 e. The first-order chi connectivity index (χ1) is 8.36. The Bertz CT molecular complexity index is 493. The summed E-state index contributed by atoms with van der Waals surface area (Å²) in [6.45, 7) is 0. The molecule has 4 nitrogen and oxygen atoms in total. The number of aromatic carboxylic acids is 1. The Morgan fingerprint density at radius 1 is 1.82 bits per heavy atom. The number of benzene rings is 1. The molecule has 0 heterocycles. The van der Waals surface area contributed by atoms with Crippen LogP contribution < -0.4 is 5.72 Å². The molecule has 0 aliphatic heterocycles. The Labute approximate surface area is 73.0 Å². The van der Waals surface area contributed by atoms with E-state index < -0.39 is 41.1 Å². The zero-order valence-electron chi connectivity index (χ0n) is 12.2. The van der Waals surface area contributed by atoms with Crippen molar-refractivity contribution in [3.05, 3.63) is 23.7 Å². The van der Waals surface area contributed by atoms with Crippen molar-refractivity contribution in [2.75, 3.05) is 5.72 Å². The Balaban J connectivity index is 3.73. The van der Waals surface area contributed by atoms with Crippen LogP contribution in [0.3, 0.4) is 0 Å². The molecule has 0 unspecified atom stereocenters. The second-order valence-corrected chi connectivity index (χ2v) is 1.72. The first kappa shape index (κ1) is 2.41. The minimum absolute atomic E-state index is 0.114. The molecule has 0 saturated carbocycles. The summed E-state index contributed by atoms with van der Waals surface area (Å²) < 4.78 is 49.6. The number of hydrogen-bond acceptors (Lipinski definition) is 4. The van der Waals surface area contributed by atoms with Crippen molar-refractivity contribution in [2.45, 2.75) is 0 Å². The van der Waals surface area contributed by atoms with E-state index >= 15 is 0 Å². The van der Waals surface area contributed by atoms with Gasteiger partial charge in [-0.15, -0.1) is 0 Å². The average molecular weight is 160 g/mol. The van der Waals surface area contributed by atoms with Gasteiger partial charge in [0.2, 0.25) is 0 Å². The van der Waals surface area contributed by atoms with Crippen LogP contribution in [0.15, 0.2) is 18.1 Å². The fourth-order valence-corrected chi connectivity index (χ4v) is 0.529. The molecular weight excluding hydrogens is 146 g/mol. The molecule has 0 aliphatic carbocycles. The van der Waals surface area contributed by atoms with E-state index in [-0.39, 0.29) is 5.72 Å². The third kappa shape index (κ3) is 1.40. The van der Waals surface area contributed by atoms with Crippen LogP contribution in [0.2, 0.25) is 2.82 Å². The summed E-state index contributed by atoms with van der Waals surface area (Å²) in [5.41, 5.74) is -1.52. The summed E-state index contributed by atoms with van der Waals surface area (Å²) in [5, 5.41) is 7.62. The first-order valence-corrected chi connectivity index (χ1v) is 2.59. The minimum atomic E-state index is -1.38. The fourth-order valence-electron chi connectivity index (χ4n) is 0.529. The van der Waals surface area contributed by atoms with Gasteiger partial charge in [0.25, 0.3) is 2.86 Å². The lowest BCUT2D eigenvalue weighted by atomic mass is 10.2. The SMILES string of the molecule is [2H]OC(=O)c1c([2H])c(N([2H])[2H])c([2H])c([2H])c1O[2H]. The molecular formula is C7H7NO3. The van der Waals surface area contributed by atoms with Crippen LogP contribution >= 0.6 is 0 Å². The molecule has 0 bridgehead atoms. The Hall–Kier alpha value is -1.71. The number of hydrogen-bond donors (Lipinski definition) is 3. The molecule has 0 atom stereocenters. The first-order valence-electron chi connectivity index (χ1n) is 5.80. The zero-order chi connectivity index (χ0) is 14.0. The molecule has 0 radical (unpaired) electrons. The molecule has 1 aromatic carbocycles. The van der Waals surface area contributed by atoms with Gasteiger partial charge in [-0.25, -0.2) is 4.79 Å². The Morgan fingerprint density at radius 3 is 3.36 bits per heavy atom. The maximum atomic E-state index is 11.3. The summed E-state index contributed by atoms with van der Waals surface area (Å²) >= 11 is 0. The van der Waals surface area contributed by atoms with Crippen molar-refractivity contribution in [3.8, 4) is 5.75 Å². The van der Waals surface area contributed by atoms with Crippen molar-refractivity contribution in [1.82, 2.24) is 0 Å². The molecule has 0 aromatic heterocycles. The second-order valence-electron chi connectivity index (χ2n) is 1.72. The molecule has 1 rings (SSSR count). The van der Waals surface area contributed by atoms with Crippen molar-refractivity contribution < 1.29 is 21.9 Å². The van der Waals surface area contributed by atoms with Crippen LogP contribution in [0.4, 0.5) is 5.69 Å². The number of carbonyl (C=O) groups is 1.